The highest BCUT2D eigenvalue weighted by molar-refractivity contribution is 7.09. The molecule has 3 heteroatoms. The maximum Gasteiger partial charge on any atom is 0.0897 e. The third-order valence-corrected chi connectivity index (χ3v) is 3.82. The summed E-state index contributed by atoms with van der Waals surface area (Å²) in [6.07, 6.45) is 5.18. The first kappa shape index (κ1) is 11.1. The largest absolute Gasteiger partial charge is 0.378 e. The molecule has 2 rings (SSSR count). The zero-order valence-electron chi connectivity index (χ0n) is 9.53. The van der Waals surface area contributed by atoms with Gasteiger partial charge in [0.25, 0.3) is 0 Å². The number of ether oxygens (including phenoxy) is 1. The van der Waals surface area contributed by atoms with E-state index >= 15 is 0 Å². The number of rotatable bonds is 3. The second-order valence-electron chi connectivity index (χ2n) is 4.29. The van der Waals surface area contributed by atoms with Crippen LogP contribution in [0.4, 0.5) is 0 Å². The molecule has 0 bridgehead atoms. The Morgan fingerprint density at radius 2 is 2.47 bits per heavy atom. The third-order valence-electron chi connectivity index (χ3n) is 3.03. The normalized spacial score (nSPS) is 26.8. The highest BCUT2D eigenvalue weighted by Gasteiger charge is 2.24. The summed E-state index contributed by atoms with van der Waals surface area (Å²) >= 11 is 1.76. The third kappa shape index (κ3) is 2.79. The second kappa shape index (κ2) is 5.08. The lowest BCUT2D eigenvalue weighted by Gasteiger charge is -2.28. The van der Waals surface area contributed by atoms with Crippen LogP contribution in [0, 0.1) is 6.92 Å². The maximum absolute atomic E-state index is 5.75. The molecule has 0 N–H and O–H groups in total. The summed E-state index contributed by atoms with van der Waals surface area (Å²) in [5.74, 6) is 0.639. The number of thiazole rings is 1. The minimum absolute atomic E-state index is 0.468. The predicted molar refractivity (Wildman–Crippen MR) is 63.5 cm³/mol. The van der Waals surface area contributed by atoms with Gasteiger partial charge in [0.2, 0.25) is 0 Å². The molecule has 1 aromatic rings. The van der Waals surface area contributed by atoms with E-state index in [2.05, 4.69) is 24.2 Å². The lowest BCUT2D eigenvalue weighted by atomic mass is 9.91. The van der Waals surface area contributed by atoms with Gasteiger partial charge in [-0.2, -0.15) is 0 Å². The van der Waals surface area contributed by atoms with E-state index < -0.39 is 0 Å². The molecule has 1 aromatic heterocycles. The van der Waals surface area contributed by atoms with Gasteiger partial charge in [-0.15, -0.1) is 11.3 Å². The van der Waals surface area contributed by atoms with Crippen LogP contribution in [0.2, 0.25) is 0 Å². The Balaban J connectivity index is 1.98. The summed E-state index contributed by atoms with van der Waals surface area (Å²) in [4.78, 5) is 4.59. The quantitative estimate of drug-likeness (QED) is 0.785. The fourth-order valence-corrected chi connectivity index (χ4v) is 2.93. The van der Waals surface area contributed by atoms with Gasteiger partial charge < -0.3 is 4.74 Å². The molecule has 84 valence electrons. The molecule has 1 aliphatic heterocycles. The van der Waals surface area contributed by atoms with Gasteiger partial charge in [-0.25, -0.2) is 4.98 Å². The van der Waals surface area contributed by atoms with Crippen molar-refractivity contribution in [2.24, 2.45) is 0 Å². The summed E-state index contributed by atoms with van der Waals surface area (Å²) in [5.41, 5.74) is 1.29. The minimum Gasteiger partial charge on any atom is -0.378 e. The maximum atomic E-state index is 5.75. The van der Waals surface area contributed by atoms with Gasteiger partial charge in [0.1, 0.15) is 0 Å². The molecule has 0 aromatic carbocycles. The number of aryl methyl sites for hydroxylation is 1. The minimum atomic E-state index is 0.468. The van der Waals surface area contributed by atoms with Crippen LogP contribution in [0.25, 0.3) is 0 Å². The number of hydrogen-bond acceptors (Lipinski definition) is 3. The molecule has 1 saturated heterocycles. The molecule has 2 heterocycles. The molecule has 1 fully saturated rings. The molecule has 0 radical (unpaired) electrons. The van der Waals surface area contributed by atoms with Crippen LogP contribution in [0.3, 0.4) is 0 Å². The molecule has 1 aliphatic rings. The van der Waals surface area contributed by atoms with Crippen molar-refractivity contribution in [2.45, 2.75) is 51.6 Å². The second-order valence-corrected chi connectivity index (χ2v) is 5.36. The standard InChI is InChI=1S/C12H19NOS/c1-3-4-11-7-10(5-6-14-11)12-8-15-9(2)13-12/h8,10-11H,3-7H2,1-2H3/t10-,11-/m1/s1. The highest BCUT2D eigenvalue weighted by atomic mass is 32.1. The summed E-state index contributed by atoms with van der Waals surface area (Å²) in [6, 6.07) is 0. The summed E-state index contributed by atoms with van der Waals surface area (Å²) in [5, 5.41) is 3.40. The fraction of sp³-hybridized carbons (Fsp3) is 0.750. The molecular formula is C12H19NOS. The van der Waals surface area contributed by atoms with E-state index in [-0.39, 0.29) is 0 Å². The van der Waals surface area contributed by atoms with E-state index in [1.165, 1.54) is 23.5 Å². The number of aromatic nitrogens is 1. The Kier molecular flexibility index (Phi) is 3.76. The Morgan fingerprint density at radius 3 is 3.13 bits per heavy atom. The van der Waals surface area contributed by atoms with Crippen LogP contribution in [0.5, 0.6) is 0 Å². The van der Waals surface area contributed by atoms with Gasteiger partial charge in [0, 0.05) is 17.9 Å². The van der Waals surface area contributed by atoms with E-state index in [1.54, 1.807) is 11.3 Å². The summed E-state index contributed by atoms with van der Waals surface area (Å²) in [7, 11) is 0. The lowest BCUT2D eigenvalue weighted by molar-refractivity contribution is 0.00110. The monoisotopic (exact) mass is 225 g/mol. The van der Waals surface area contributed by atoms with E-state index in [0.29, 0.717) is 12.0 Å². The van der Waals surface area contributed by atoms with Crippen LogP contribution in [-0.2, 0) is 4.74 Å². The topological polar surface area (TPSA) is 22.1 Å². The van der Waals surface area contributed by atoms with Crippen molar-refractivity contribution in [3.8, 4) is 0 Å². The molecule has 15 heavy (non-hydrogen) atoms. The van der Waals surface area contributed by atoms with Crippen molar-refractivity contribution < 1.29 is 4.74 Å². The zero-order valence-corrected chi connectivity index (χ0v) is 10.3. The molecule has 0 aliphatic carbocycles. The van der Waals surface area contributed by atoms with Crippen LogP contribution in [-0.4, -0.2) is 17.7 Å². The van der Waals surface area contributed by atoms with Gasteiger partial charge in [-0.05, 0) is 26.2 Å². The highest BCUT2D eigenvalue weighted by Crippen LogP contribution is 2.31. The number of nitrogens with zero attached hydrogens (tertiary/aromatic N) is 1. The average Bonchev–Trinajstić information content (AvgIpc) is 2.66. The van der Waals surface area contributed by atoms with Gasteiger partial charge in [0.15, 0.2) is 0 Å². The summed E-state index contributed by atoms with van der Waals surface area (Å²) in [6.45, 7) is 5.21. The number of hydrogen-bond donors (Lipinski definition) is 0. The Bertz CT molecular complexity index is 308. The Labute approximate surface area is 95.7 Å². The predicted octanol–water partition coefficient (Wildman–Crippen LogP) is 3.51. The molecular weight excluding hydrogens is 206 g/mol. The van der Waals surface area contributed by atoms with Gasteiger partial charge >= 0.3 is 0 Å². The molecule has 0 unspecified atom stereocenters. The molecule has 0 spiro atoms. The fourth-order valence-electron chi connectivity index (χ4n) is 2.24. The van der Waals surface area contributed by atoms with Crippen LogP contribution >= 0.6 is 11.3 Å². The van der Waals surface area contributed by atoms with Crippen molar-refractivity contribution in [3.05, 3.63) is 16.1 Å². The van der Waals surface area contributed by atoms with Crippen LogP contribution in [0.1, 0.15) is 49.2 Å². The van der Waals surface area contributed by atoms with Crippen LogP contribution in [0.15, 0.2) is 5.38 Å². The van der Waals surface area contributed by atoms with E-state index in [4.69, 9.17) is 4.74 Å². The van der Waals surface area contributed by atoms with Crippen molar-refractivity contribution in [1.29, 1.82) is 0 Å². The SMILES string of the molecule is CCC[C@@H]1C[C@H](c2csc(C)n2)CCO1. The van der Waals surface area contributed by atoms with Crippen molar-refractivity contribution in [3.63, 3.8) is 0 Å². The van der Waals surface area contributed by atoms with E-state index in [0.717, 1.165) is 19.4 Å². The van der Waals surface area contributed by atoms with E-state index in [1.807, 2.05) is 0 Å². The first-order valence-electron chi connectivity index (χ1n) is 5.83. The van der Waals surface area contributed by atoms with Gasteiger partial charge in [-0.3, -0.25) is 0 Å². The zero-order chi connectivity index (χ0) is 10.7. The molecule has 2 nitrogen and oxygen atoms in total. The van der Waals surface area contributed by atoms with Crippen molar-refractivity contribution in [2.75, 3.05) is 6.61 Å². The molecule has 0 amide bonds. The summed E-state index contributed by atoms with van der Waals surface area (Å²) < 4.78 is 5.75. The van der Waals surface area contributed by atoms with Crippen molar-refractivity contribution >= 4 is 11.3 Å². The molecule has 2 atom stereocenters. The smallest absolute Gasteiger partial charge is 0.0897 e. The molecule has 0 saturated carbocycles. The first-order chi connectivity index (χ1) is 7.29. The first-order valence-corrected chi connectivity index (χ1v) is 6.71. The van der Waals surface area contributed by atoms with Gasteiger partial charge in [-0.1, -0.05) is 13.3 Å². The Morgan fingerprint density at radius 1 is 1.60 bits per heavy atom. The average molecular weight is 225 g/mol. The Hall–Kier alpha value is -0.410. The van der Waals surface area contributed by atoms with Crippen LogP contribution < -0.4 is 0 Å². The van der Waals surface area contributed by atoms with E-state index in [9.17, 15) is 0 Å². The van der Waals surface area contributed by atoms with Gasteiger partial charge in [0.05, 0.1) is 16.8 Å². The van der Waals surface area contributed by atoms with Crippen molar-refractivity contribution in [1.82, 2.24) is 4.98 Å². The lowest BCUT2D eigenvalue weighted by Crippen LogP contribution is -2.24.